The molecule has 2 aliphatic carbocycles. The van der Waals surface area contributed by atoms with Gasteiger partial charge in [0.25, 0.3) is 11.6 Å². The normalized spacial score (nSPS) is 25.1. The highest BCUT2D eigenvalue weighted by Crippen LogP contribution is 2.59. The number of nitro groups is 1. The number of aryl methyl sites for hydroxylation is 1. The van der Waals surface area contributed by atoms with Crippen molar-refractivity contribution in [1.82, 2.24) is 4.90 Å². The van der Waals surface area contributed by atoms with Crippen LogP contribution >= 0.6 is 0 Å². The topological polar surface area (TPSA) is 113 Å². The highest BCUT2D eigenvalue weighted by atomic mass is 16.6. The lowest BCUT2D eigenvalue weighted by Gasteiger charge is -2.41. The number of hydrogen-bond donors (Lipinski definition) is 0. The Bertz CT molecular complexity index is 889. The van der Waals surface area contributed by atoms with Gasteiger partial charge in [0.05, 0.1) is 16.8 Å². The molecule has 0 N–H and O–H groups in total. The van der Waals surface area contributed by atoms with Gasteiger partial charge in [-0.25, -0.2) is 0 Å². The van der Waals surface area contributed by atoms with E-state index in [1.807, 2.05) is 6.92 Å². The molecule has 3 fully saturated rings. The number of benzene rings is 1. The predicted molar refractivity (Wildman–Crippen MR) is 110 cm³/mol. The number of nitroso groups, excluding NO2 is 1. The Kier molecular flexibility index (Phi) is 5.29. The van der Waals surface area contributed by atoms with Crippen molar-refractivity contribution in [2.75, 3.05) is 31.1 Å². The molecule has 2 atom stereocenters. The number of nitro benzene ring substituents is 1. The Morgan fingerprint density at radius 1 is 1.13 bits per heavy atom. The maximum atomic E-state index is 13.3. The Morgan fingerprint density at radius 2 is 1.83 bits per heavy atom. The summed E-state index contributed by atoms with van der Waals surface area (Å²) >= 11 is 0. The summed E-state index contributed by atoms with van der Waals surface area (Å²) in [6.45, 7) is 4.13. The van der Waals surface area contributed by atoms with Gasteiger partial charge in [-0.1, -0.05) is 0 Å². The summed E-state index contributed by atoms with van der Waals surface area (Å²) in [5.41, 5.74) is 2.02. The zero-order valence-electron chi connectivity index (χ0n) is 17.1. The molecule has 30 heavy (non-hydrogen) atoms. The number of non-ortho nitro benzene ring substituents is 1. The van der Waals surface area contributed by atoms with E-state index in [1.165, 1.54) is 6.07 Å². The number of hydrogen-bond acceptors (Lipinski definition) is 6. The van der Waals surface area contributed by atoms with Crippen LogP contribution in [0.5, 0.6) is 0 Å². The summed E-state index contributed by atoms with van der Waals surface area (Å²) in [6, 6.07) is 4.82. The third-order valence-electron chi connectivity index (χ3n) is 7.13. The van der Waals surface area contributed by atoms with Crippen molar-refractivity contribution in [3.05, 3.63) is 38.8 Å². The minimum absolute atomic E-state index is 0.0388. The zero-order valence-corrected chi connectivity index (χ0v) is 17.1. The second kappa shape index (κ2) is 7.77. The van der Waals surface area contributed by atoms with E-state index in [9.17, 15) is 24.6 Å². The van der Waals surface area contributed by atoms with Crippen molar-refractivity contribution >= 4 is 23.2 Å². The molecule has 1 aliphatic heterocycles. The molecule has 0 aromatic heterocycles. The molecule has 1 heterocycles. The van der Waals surface area contributed by atoms with Crippen LogP contribution in [-0.2, 0) is 9.59 Å². The third-order valence-corrected chi connectivity index (χ3v) is 7.13. The van der Waals surface area contributed by atoms with Crippen LogP contribution in [0.3, 0.4) is 0 Å². The van der Waals surface area contributed by atoms with E-state index in [1.54, 1.807) is 17.0 Å². The Hall–Kier alpha value is -2.84. The van der Waals surface area contributed by atoms with Crippen LogP contribution in [-0.4, -0.2) is 47.8 Å². The molecule has 1 aromatic rings. The summed E-state index contributed by atoms with van der Waals surface area (Å²) in [4.78, 5) is 50.6. The number of carbonyl (C=O) groups excluding carboxylic acids is 2. The minimum Gasteiger partial charge on any atom is -0.368 e. The van der Waals surface area contributed by atoms with E-state index >= 15 is 0 Å². The largest absolute Gasteiger partial charge is 0.368 e. The lowest BCUT2D eigenvalue weighted by atomic mass is 9.71. The molecular formula is C21H26N4O5. The lowest BCUT2D eigenvalue weighted by molar-refractivity contribution is -0.384. The molecule has 1 aromatic carbocycles. The quantitative estimate of drug-likeness (QED) is 0.425. The van der Waals surface area contributed by atoms with Gasteiger partial charge in [0.2, 0.25) is 5.91 Å². The van der Waals surface area contributed by atoms with Gasteiger partial charge in [0, 0.05) is 49.2 Å². The van der Waals surface area contributed by atoms with Gasteiger partial charge in [0.1, 0.15) is 0 Å². The first kappa shape index (κ1) is 20.4. The third kappa shape index (κ3) is 3.80. The molecule has 2 saturated carbocycles. The second-order valence-corrected chi connectivity index (χ2v) is 8.93. The van der Waals surface area contributed by atoms with Gasteiger partial charge in [-0.3, -0.25) is 19.7 Å². The molecule has 3 aliphatic rings. The van der Waals surface area contributed by atoms with Crippen molar-refractivity contribution in [2.45, 2.75) is 39.0 Å². The van der Waals surface area contributed by atoms with Crippen LogP contribution < -0.4 is 4.90 Å². The van der Waals surface area contributed by atoms with Crippen molar-refractivity contribution in [3.63, 3.8) is 0 Å². The van der Waals surface area contributed by atoms with Crippen LogP contribution in [0, 0.1) is 39.2 Å². The minimum atomic E-state index is -0.691. The standard InChI is InChI=1S/C21H26N4O5/c1-14-12-15(25(29)30)2-3-18(14)23-8-10-24(11-9-23)20(27)17-13-21(6-7-21)5-4-16(17)19(26)22-28/h2-3,12,16-17H,4-11,13H2,1H3/t16-,17-/m0/s1. The molecule has 0 unspecified atom stereocenters. The Balaban J connectivity index is 1.43. The number of amides is 2. The van der Waals surface area contributed by atoms with Crippen molar-refractivity contribution in [2.24, 2.45) is 22.4 Å². The molecule has 1 saturated heterocycles. The molecule has 0 bridgehead atoms. The van der Waals surface area contributed by atoms with E-state index in [2.05, 4.69) is 10.1 Å². The highest BCUT2D eigenvalue weighted by Gasteiger charge is 2.53. The summed E-state index contributed by atoms with van der Waals surface area (Å²) < 4.78 is 0. The summed E-state index contributed by atoms with van der Waals surface area (Å²) in [7, 11) is 0. The lowest BCUT2D eigenvalue weighted by Crippen LogP contribution is -2.52. The molecule has 2 amide bonds. The van der Waals surface area contributed by atoms with Gasteiger partial charge < -0.3 is 9.80 Å². The number of anilines is 1. The number of carbonyl (C=O) groups is 2. The van der Waals surface area contributed by atoms with Gasteiger partial charge in [-0.15, -0.1) is 4.91 Å². The SMILES string of the molecule is Cc1cc([N+](=O)[O-])ccc1N1CCN(C(=O)[C@H]2CC3(CC[C@@H]2C(=O)N=O)CC3)CC1. The zero-order chi connectivity index (χ0) is 21.5. The second-order valence-electron chi connectivity index (χ2n) is 8.93. The van der Waals surface area contributed by atoms with Gasteiger partial charge in [-0.05, 0) is 56.1 Å². The van der Waals surface area contributed by atoms with Crippen LogP contribution in [0.4, 0.5) is 11.4 Å². The summed E-state index contributed by atoms with van der Waals surface area (Å²) in [5, 5.41) is 13.6. The Morgan fingerprint density at radius 3 is 2.40 bits per heavy atom. The molecule has 9 nitrogen and oxygen atoms in total. The molecule has 4 rings (SSSR count). The van der Waals surface area contributed by atoms with Gasteiger partial charge >= 0.3 is 0 Å². The van der Waals surface area contributed by atoms with Crippen LogP contribution in [0.2, 0.25) is 0 Å². The fourth-order valence-corrected chi connectivity index (χ4v) is 5.14. The maximum Gasteiger partial charge on any atom is 0.290 e. The van der Waals surface area contributed by atoms with E-state index in [-0.39, 0.29) is 17.0 Å². The van der Waals surface area contributed by atoms with E-state index in [0.717, 1.165) is 30.5 Å². The molecular weight excluding hydrogens is 388 g/mol. The monoisotopic (exact) mass is 414 g/mol. The average Bonchev–Trinajstić information content (AvgIpc) is 3.51. The van der Waals surface area contributed by atoms with E-state index in [0.29, 0.717) is 39.0 Å². The maximum absolute atomic E-state index is 13.3. The fourth-order valence-electron chi connectivity index (χ4n) is 5.14. The van der Waals surface area contributed by atoms with E-state index < -0.39 is 22.7 Å². The first-order valence-corrected chi connectivity index (χ1v) is 10.5. The predicted octanol–water partition coefficient (Wildman–Crippen LogP) is 3.04. The van der Waals surface area contributed by atoms with Gasteiger partial charge in [0.15, 0.2) is 0 Å². The van der Waals surface area contributed by atoms with E-state index in [4.69, 9.17) is 0 Å². The first-order valence-electron chi connectivity index (χ1n) is 10.5. The molecule has 0 radical (unpaired) electrons. The van der Waals surface area contributed by atoms with Crippen LogP contribution in [0.1, 0.15) is 37.7 Å². The number of piperazine rings is 1. The first-order chi connectivity index (χ1) is 14.3. The summed E-state index contributed by atoms with van der Waals surface area (Å²) in [6.07, 6.45) is 4.34. The van der Waals surface area contributed by atoms with Crippen molar-refractivity contribution in [3.8, 4) is 0 Å². The van der Waals surface area contributed by atoms with Crippen molar-refractivity contribution in [1.29, 1.82) is 0 Å². The number of rotatable bonds is 4. The average molecular weight is 414 g/mol. The van der Waals surface area contributed by atoms with Gasteiger partial charge in [-0.2, -0.15) is 0 Å². The van der Waals surface area contributed by atoms with Crippen LogP contribution in [0.25, 0.3) is 0 Å². The number of nitrogens with zero attached hydrogens (tertiary/aromatic N) is 4. The highest BCUT2D eigenvalue weighted by molar-refractivity contribution is 5.88. The summed E-state index contributed by atoms with van der Waals surface area (Å²) in [5.74, 6) is -1.76. The molecule has 160 valence electrons. The van der Waals surface area contributed by atoms with Crippen molar-refractivity contribution < 1.29 is 14.5 Å². The van der Waals surface area contributed by atoms with Crippen LogP contribution in [0.15, 0.2) is 23.4 Å². The molecule has 1 spiro atoms. The fraction of sp³-hybridized carbons (Fsp3) is 0.619. The molecule has 9 heteroatoms. The Labute approximate surface area is 174 Å². The smallest absolute Gasteiger partial charge is 0.290 e.